The first-order valence-corrected chi connectivity index (χ1v) is 6.74. The third-order valence-corrected chi connectivity index (χ3v) is 3.24. The van der Waals surface area contributed by atoms with Crippen molar-refractivity contribution in [2.75, 3.05) is 13.1 Å². The van der Waals surface area contributed by atoms with Crippen LogP contribution in [-0.4, -0.2) is 35.8 Å². The van der Waals surface area contributed by atoms with E-state index >= 15 is 0 Å². The van der Waals surface area contributed by atoms with Crippen LogP contribution in [0.2, 0.25) is 0 Å². The molecule has 0 aromatic heterocycles. The van der Waals surface area contributed by atoms with Gasteiger partial charge in [-0.15, -0.1) is 0 Å². The number of rotatable bonds is 4. The zero-order chi connectivity index (χ0) is 13.8. The van der Waals surface area contributed by atoms with Gasteiger partial charge in [0, 0.05) is 31.1 Å². The summed E-state index contributed by atoms with van der Waals surface area (Å²) in [5, 5.41) is 2.84. The molecule has 1 N–H and O–H groups in total. The van der Waals surface area contributed by atoms with Crippen LogP contribution in [0.25, 0.3) is 0 Å². The molecule has 1 heterocycles. The van der Waals surface area contributed by atoms with Gasteiger partial charge in [0.25, 0.3) is 5.91 Å². The lowest BCUT2D eigenvalue weighted by Crippen LogP contribution is -2.40. The summed E-state index contributed by atoms with van der Waals surface area (Å²) in [4.78, 5) is 25.6. The third-order valence-electron chi connectivity index (χ3n) is 3.24. The molecular formula is C15H20N2O2. The van der Waals surface area contributed by atoms with Crippen molar-refractivity contribution in [3.05, 3.63) is 35.4 Å². The molecule has 0 radical (unpaired) electrons. The van der Waals surface area contributed by atoms with Crippen LogP contribution >= 0.6 is 0 Å². The number of nitrogens with one attached hydrogen (secondary N) is 1. The Kier molecular flexibility index (Phi) is 4.20. The lowest BCUT2D eigenvalue weighted by atomic mass is 9.99. The van der Waals surface area contributed by atoms with E-state index in [0.717, 1.165) is 17.5 Å². The molecule has 2 rings (SSSR count). The summed E-state index contributed by atoms with van der Waals surface area (Å²) in [7, 11) is 0. The quantitative estimate of drug-likeness (QED) is 0.894. The fourth-order valence-corrected chi connectivity index (χ4v) is 2.32. The molecule has 0 fully saturated rings. The summed E-state index contributed by atoms with van der Waals surface area (Å²) >= 11 is 0. The monoisotopic (exact) mass is 260 g/mol. The van der Waals surface area contributed by atoms with E-state index in [1.165, 1.54) is 0 Å². The minimum atomic E-state index is 0.00154. The first kappa shape index (κ1) is 13.6. The molecule has 0 bridgehead atoms. The molecule has 0 saturated carbocycles. The molecule has 102 valence electrons. The van der Waals surface area contributed by atoms with E-state index in [9.17, 15) is 9.59 Å². The number of fused-ring (bicyclic) bond motifs is 1. The maximum absolute atomic E-state index is 12.2. The van der Waals surface area contributed by atoms with E-state index in [1.807, 2.05) is 38.1 Å². The van der Waals surface area contributed by atoms with Crippen LogP contribution in [0.3, 0.4) is 0 Å². The van der Waals surface area contributed by atoms with Gasteiger partial charge in [-0.25, -0.2) is 0 Å². The van der Waals surface area contributed by atoms with Crippen molar-refractivity contribution in [3.63, 3.8) is 0 Å². The second kappa shape index (κ2) is 5.87. The fourth-order valence-electron chi connectivity index (χ4n) is 2.32. The van der Waals surface area contributed by atoms with Gasteiger partial charge in [0.15, 0.2) is 0 Å². The Morgan fingerprint density at radius 1 is 1.37 bits per heavy atom. The van der Waals surface area contributed by atoms with Crippen LogP contribution in [0, 0.1) is 0 Å². The van der Waals surface area contributed by atoms with Crippen molar-refractivity contribution in [2.24, 2.45) is 0 Å². The minimum absolute atomic E-state index is 0.00154. The second-order valence-corrected chi connectivity index (χ2v) is 5.17. The molecule has 1 aromatic rings. The van der Waals surface area contributed by atoms with Crippen LogP contribution < -0.4 is 5.32 Å². The average molecular weight is 260 g/mol. The van der Waals surface area contributed by atoms with E-state index in [-0.39, 0.29) is 17.9 Å². The minimum Gasteiger partial charge on any atom is -0.354 e. The van der Waals surface area contributed by atoms with Crippen molar-refractivity contribution >= 4 is 11.8 Å². The highest BCUT2D eigenvalue weighted by Gasteiger charge is 2.23. The van der Waals surface area contributed by atoms with Gasteiger partial charge in [0.1, 0.15) is 0 Å². The van der Waals surface area contributed by atoms with Gasteiger partial charge in [-0.1, -0.05) is 18.2 Å². The highest BCUT2D eigenvalue weighted by atomic mass is 16.2. The number of hydrogen-bond acceptors (Lipinski definition) is 2. The topological polar surface area (TPSA) is 49.4 Å². The molecule has 1 aromatic carbocycles. The number of nitrogens with zero attached hydrogens (tertiary/aromatic N) is 1. The molecule has 1 aliphatic heterocycles. The number of hydrogen-bond donors (Lipinski definition) is 1. The van der Waals surface area contributed by atoms with Gasteiger partial charge in [-0.2, -0.15) is 0 Å². The SMILES string of the molecule is CC(C)NC(=O)CCN1CCc2ccccc2C1=O. The number of carbonyl (C=O) groups is 2. The molecule has 0 unspecified atom stereocenters. The Bertz CT molecular complexity index is 483. The number of benzene rings is 1. The molecule has 0 spiro atoms. The second-order valence-electron chi connectivity index (χ2n) is 5.17. The van der Waals surface area contributed by atoms with Crippen molar-refractivity contribution in [2.45, 2.75) is 32.7 Å². The molecule has 0 atom stereocenters. The van der Waals surface area contributed by atoms with E-state index < -0.39 is 0 Å². The summed E-state index contributed by atoms with van der Waals surface area (Å²) in [5.41, 5.74) is 1.88. The first-order valence-electron chi connectivity index (χ1n) is 6.74. The Hall–Kier alpha value is -1.84. The van der Waals surface area contributed by atoms with E-state index in [1.54, 1.807) is 4.90 Å². The molecule has 1 aliphatic rings. The predicted molar refractivity (Wildman–Crippen MR) is 73.9 cm³/mol. The summed E-state index contributed by atoms with van der Waals surface area (Å²) < 4.78 is 0. The Labute approximate surface area is 113 Å². The summed E-state index contributed by atoms with van der Waals surface area (Å²) in [6.07, 6.45) is 1.24. The summed E-state index contributed by atoms with van der Waals surface area (Å²) in [6.45, 7) is 5.05. The molecule has 0 saturated heterocycles. The maximum Gasteiger partial charge on any atom is 0.254 e. The van der Waals surface area contributed by atoms with Crippen LogP contribution in [0.15, 0.2) is 24.3 Å². The van der Waals surface area contributed by atoms with Gasteiger partial charge in [0.05, 0.1) is 0 Å². The first-order chi connectivity index (χ1) is 9.08. The van der Waals surface area contributed by atoms with Crippen molar-refractivity contribution in [1.29, 1.82) is 0 Å². The van der Waals surface area contributed by atoms with Gasteiger partial charge < -0.3 is 10.2 Å². The van der Waals surface area contributed by atoms with Crippen LogP contribution in [-0.2, 0) is 11.2 Å². The van der Waals surface area contributed by atoms with E-state index in [0.29, 0.717) is 19.5 Å². The van der Waals surface area contributed by atoms with Gasteiger partial charge >= 0.3 is 0 Å². The Morgan fingerprint density at radius 2 is 2.11 bits per heavy atom. The average Bonchev–Trinajstić information content (AvgIpc) is 2.37. The standard InChI is InChI=1S/C15H20N2O2/c1-11(2)16-14(18)8-10-17-9-7-12-5-3-4-6-13(12)15(17)19/h3-6,11H,7-10H2,1-2H3,(H,16,18). The predicted octanol–water partition coefficient (Wildman–Crippen LogP) is 1.60. The number of amides is 2. The summed E-state index contributed by atoms with van der Waals surface area (Å²) in [6, 6.07) is 7.84. The fraction of sp³-hybridized carbons (Fsp3) is 0.467. The molecule has 0 aliphatic carbocycles. The molecule has 19 heavy (non-hydrogen) atoms. The van der Waals surface area contributed by atoms with Crippen LogP contribution in [0.1, 0.15) is 36.2 Å². The molecule has 4 nitrogen and oxygen atoms in total. The highest BCUT2D eigenvalue weighted by Crippen LogP contribution is 2.18. The van der Waals surface area contributed by atoms with Gasteiger partial charge in [0.2, 0.25) is 5.91 Å². The van der Waals surface area contributed by atoms with Gasteiger partial charge in [-0.05, 0) is 31.9 Å². The smallest absolute Gasteiger partial charge is 0.254 e. The lowest BCUT2D eigenvalue weighted by molar-refractivity contribution is -0.121. The highest BCUT2D eigenvalue weighted by molar-refractivity contribution is 5.96. The van der Waals surface area contributed by atoms with Crippen molar-refractivity contribution in [3.8, 4) is 0 Å². The van der Waals surface area contributed by atoms with E-state index in [4.69, 9.17) is 0 Å². The largest absolute Gasteiger partial charge is 0.354 e. The Morgan fingerprint density at radius 3 is 2.84 bits per heavy atom. The zero-order valence-electron chi connectivity index (χ0n) is 11.5. The van der Waals surface area contributed by atoms with Crippen LogP contribution in [0.4, 0.5) is 0 Å². The van der Waals surface area contributed by atoms with Gasteiger partial charge in [-0.3, -0.25) is 9.59 Å². The number of carbonyl (C=O) groups excluding carboxylic acids is 2. The summed E-state index contributed by atoms with van der Waals surface area (Å²) in [5.74, 6) is 0.0425. The molecular weight excluding hydrogens is 240 g/mol. The van der Waals surface area contributed by atoms with Crippen molar-refractivity contribution < 1.29 is 9.59 Å². The normalized spacial score (nSPS) is 14.5. The van der Waals surface area contributed by atoms with Crippen molar-refractivity contribution in [1.82, 2.24) is 10.2 Å². The van der Waals surface area contributed by atoms with E-state index in [2.05, 4.69) is 5.32 Å². The lowest BCUT2D eigenvalue weighted by Gasteiger charge is -2.28. The molecule has 2 amide bonds. The Balaban J connectivity index is 1.94. The molecule has 4 heteroatoms. The third kappa shape index (κ3) is 3.34. The zero-order valence-corrected chi connectivity index (χ0v) is 11.5. The van der Waals surface area contributed by atoms with Crippen LogP contribution in [0.5, 0.6) is 0 Å². The maximum atomic E-state index is 12.2.